The summed E-state index contributed by atoms with van der Waals surface area (Å²) in [6.07, 6.45) is 2.29. The van der Waals surface area contributed by atoms with Crippen LogP contribution in [0.5, 0.6) is 0 Å². The van der Waals surface area contributed by atoms with Crippen molar-refractivity contribution in [1.29, 1.82) is 0 Å². The molecule has 20 heavy (non-hydrogen) atoms. The lowest BCUT2D eigenvalue weighted by Crippen LogP contribution is -2.47. The molecule has 0 saturated carbocycles. The van der Waals surface area contributed by atoms with Crippen LogP contribution >= 0.6 is 11.3 Å². The Bertz CT molecular complexity index is 374. The van der Waals surface area contributed by atoms with E-state index >= 15 is 0 Å². The van der Waals surface area contributed by atoms with E-state index in [-0.39, 0.29) is 0 Å². The second kappa shape index (κ2) is 7.50. The Morgan fingerprint density at radius 3 is 2.80 bits per heavy atom. The molecule has 0 spiro atoms. The lowest BCUT2D eigenvalue weighted by Gasteiger charge is -2.40. The monoisotopic (exact) mass is 297 g/mol. The first-order valence-electron chi connectivity index (χ1n) is 7.46. The van der Waals surface area contributed by atoms with Crippen LogP contribution in [-0.4, -0.2) is 49.3 Å². The molecule has 0 aliphatic carbocycles. The molecule has 5 heteroatoms. The average Bonchev–Trinajstić information content (AvgIpc) is 2.90. The summed E-state index contributed by atoms with van der Waals surface area (Å²) in [4.78, 5) is 6.79. The van der Waals surface area contributed by atoms with Crippen LogP contribution in [-0.2, 0) is 11.3 Å². The molecule has 1 aliphatic heterocycles. The van der Waals surface area contributed by atoms with Crippen molar-refractivity contribution >= 4 is 11.3 Å². The summed E-state index contributed by atoms with van der Waals surface area (Å²) < 4.78 is 5.56. The van der Waals surface area contributed by atoms with E-state index in [2.05, 4.69) is 41.5 Å². The molecule has 4 nitrogen and oxygen atoms in total. The molecule has 2 rings (SSSR count). The molecule has 2 heterocycles. The van der Waals surface area contributed by atoms with Crippen molar-refractivity contribution < 1.29 is 4.74 Å². The molecule has 1 aliphatic rings. The second-order valence-corrected chi connectivity index (χ2v) is 7.02. The summed E-state index contributed by atoms with van der Waals surface area (Å²) in [5.41, 5.74) is 3.43. The SMILES string of the molecule is CC(C)NCC1(CN(C)Cc2cscn2)CCOCC1. The van der Waals surface area contributed by atoms with Crippen molar-refractivity contribution in [3.05, 3.63) is 16.6 Å². The van der Waals surface area contributed by atoms with Crippen molar-refractivity contribution in [2.75, 3.05) is 33.4 Å². The third kappa shape index (κ3) is 4.81. The van der Waals surface area contributed by atoms with Crippen LogP contribution in [0.15, 0.2) is 10.9 Å². The first kappa shape index (κ1) is 15.9. The van der Waals surface area contributed by atoms with E-state index < -0.39 is 0 Å². The Kier molecular flexibility index (Phi) is 5.96. The van der Waals surface area contributed by atoms with Crippen molar-refractivity contribution in [2.45, 2.75) is 39.3 Å². The largest absolute Gasteiger partial charge is 0.381 e. The molecule has 1 aromatic heterocycles. The molecule has 0 amide bonds. The maximum Gasteiger partial charge on any atom is 0.0795 e. The van der Waals surface area contributed by atoms with E-state index in [0.29, 0.717) is 11.5 Å². The lowest BCUT2D eigenvalue weighted by atomic mass is 9.79. The molecule has 1 saturated heterocycles. The zero-order valence-corrected chi connectivity index (χ0v) is 13.7. The zero-order valence-electron chi connectivity index (χ0n) is 12.9. The summed E-state index contributed by atoms with van der Waals surface area (Å²) in [5.74, 6) is 0. The van der Waals surface area contributed by atoms with E-state index in [1.807, 2.05) is 5.51 Å². The van der Waals surface area contributed by atoms with E-state index in [4.69, 9.17) is 4.74 Å². The van der Waals surface area contributed by atoms with Gasteiger partial charge < -0.3 is 10.1 Å². The molecule has 1 fully saturated rings. The number of rotatable bonds is 7. The number of nitrogens with zero attached hydrogens (tertiary/aromatic N) is 2. The molecule has 0 radical (unpaired) electrons. The first-order valence-corrected chi connectivity index (χ1v) is 8.41. The number of nitrogens with one attached hydrogen (secondary N) is 1. The minimum absolute atomic E-state index is 0.341. The molecule has 0 unspecified atom stereocenters. The lowest BCUT2D eigenvalue weighted by molar-refractivity contribution is -0.00260. The quantitative estimate of drug-likeness (QED) is 0.838. The predicted molar refractivity (Wildman–Crippen MR) is 84.1 cm³/mol. The molecular weight excluding hydrogens is 270 g/mol. The fourth-order valence-electron chi connectivity index (χ4n) is 2.84. The van der Waals surface area contributed by atoms with Crippen LogP contribution in [0.3, 0.4) is 0 Å². The third-order valence-electron chi connectivity index (χ3n) is 3.96. The maximum absolute atomic E-state index is 5.56. The predicted octanol–water partition coefficient (Wildman–Crippen LogP) is 2.37. The Hall–Kier alpha value is -0.490. The smallest absolute Gasteiger partial charge is 0.0795 e. The second-order valence-electron chi connectivity index (χ2n) is 6.30. The van der Waals surface area contributed by atoms with E-state index in [0.717, 1.165) is 45.7 Å². The molecule has 114 valence electrons. The third-order valence-corrected chi connectivity index (χ3v) is 4.59. The summed E-state index contributed by atoms with van der Waals surface area (Å²) in [5, 5.41) is 5.76. The highest BCUT2D eigenvalue weighted by Gasteiger charge is 2.33. The number of ether oxygens (including phenoxy) is 1. The van der Waals surface area contributed by atoms with Gasteiger partial charge >= 0.3 is 0 Å². The van der Waals surface area contributed by atoms with Crippen molar-refractivity contribution in [3.63, 3.8) is 0 Å². The Labute approximate surface area is 126 Å². The molecule has 0 bridgehead atoms. The fourth-order valence-corrected chi connectivity index (χ4v) is 3.39. The van der Waals surface area contributed by atoms with Crippen LogP contribution in [0.4, 0.5) is 0 Å². The summed E-state index contributed by atoms with van der Waals surface area (Å²) in [7, 11) is 2.20. The number of hydrogen-bond donors (Lipinski definition) is 1. The highest BCUT2D eigenvalue weighted by Crippen LogP contribution is 2.31. The van der Waals surface area contributed by atoms with Gasteiger partial charge in [0.2, 0.25) is 0 Å². The number of aromatic nitrogens is 1. The average molecular weight is 297 g/mol. The van der Waals surface area contributed by atoms with E-state index in [9.17, 15) is 0 Å². The van der Waals surface area contributed by atoms with Gasteiger partial charge in [0.15, 0.2) is 0 Å². The molecule has 0 aromatic carbocycles. The summed E-state index contributed by atoms with van der Waals surface area (Å²) >= 11 is 1.67. The zero-order chi connectivity index (χ0) is 14.4. The highest BCUT2D eigenvalue weighted by atomic mass is 32.1. The van der Waals surface area contributed by atoms with Gasteiger partial charge in [0.25, 0.3) is 0 Å². The Morgan fingerprint density at radius 1 is 1.45 bits per heavy atom. The topological polar surface area (TPSA) is 37.4 Å². The minimum atomic E-state index is 0.341. The van der Waals surface area contributed by atoms with Crippen LogP contribution in [0, 0.1) is 5.41 Å². The van der Waals surface area contributed by atoms with Crippen molar-refractivity contribution in [3.8, 4) is 0 Å². The molecular formula is C15H27N3OS. The van der Waals surface area contributed by atoms with Gasteiger partial charge in [0, 0.05) is 44.3 Å². The van der Waals surface area contributed by atoms with Gasteiger partial charge in [-0.05, 0) is 25.3 Å². The van der Waals surface area contributed by atoms with Gasteiger partial charge in [0.1, 0.15) is 0 Å². The van der Waals surface area contributed by atoms with E-state index in [1.54, 1.807) is 11.3 Å². The number of hydrogen-bond acceptors (Lipinski definition) is 5. The van der Waals surface area contributed by atoms with Gasteiger partial charge in [-0.2, -0.15) is 0 Å². The van der Waals surface area contributed by atoms with Crippen LogP contribution < -0.4 is 5.32 Å². The fraction of sp³-hybridized carbons (Fsp3) is 0.800. The van der Waals surface area contributed by atoms with Gasteiger partial charge in [-0.25, -0.2) is 4.98 Å². The van der Waals surface area contributed by atoms with Gasteiger partial charge in [-0.15, -0.1) is 11.3 Å². The molecule has 1 aromatic rings. The Balaban J connectivity index is 1.92. The van der Waals surface area contributed by atoms with Crippen LogP contribution in [0.2, 0.25) is 0 Å². The van der Waals surface area contributed by atoms with Crippen LogP contribution in [0.1, 0.15) is 32.4 Å². The van der Waals surface area contributed by atoms with Gasteiger partial charge in [0.05, 0.1) is 11.2 Å². The molecule has 0 atom stereocenters. The molecule has 1 N–H and O–H groups in total. The van der Waals surface area contributed by atoms with Gasteiger partial charge in [-0.3, -0.25) is 4.90 Å². The first-order chi connectivity index (χ1) is 9.60. The van der Waals surface area contributed by atoms with Crippen LogP contribution in [0.25, 0.3) is 0 Å². The number of thiazole rings is 1. The summed E-state index contributed by atoms with van der Waals surface area (Å²) in [6.45, 7) is 9.34. The van der Waals surface area contributed by atoms with Crippen molar-refractivity contribution in [1.82, 2.24) is 15.2 Å². The summed E-state index contributed by atoms with van der Waals surface area (Å²) in [6, 6.07) is 0.540. The normalized spacial score (nSPS) is 18.9. The van der Waals surface area contributed by atoms with Gasteiger partial charge in [-0.1, -0.05) is 13.8 Å². The standard InChI is InChI=1S/C15H27N3OS/c1-13(2)16-10-15(4-6-19-7-5-15)11-18(3)8-14-9-20-12-17-14/h9,12-13,16H,4-8,10-11H2,1-3H3. The maximum atomic E-state index is 5.56. The Morgan fingerprint density at radius 2 is 2.20 bits per heavy atom. The highest BCUT2D eigenvalue weighted by molar-refractivity contribution is 7.07. The van der Waals surface area contributed by atoms with E-state index in [1.165, 1.54) is 5.69 Å². The minimum Gasteiger partial charge on any atom is -0.381 e. The van der Waals surface area contributed by atoms with Crippen molar-refractivity contribution in [2.24, 2.45) is 5.41 Å².